The SMILES string of the molecule is O=C(O)CSc1cc(SCc2ccccc2Cl)ncn1. The third kappa shape index (κ3) is 4.70. The maximum absolute atomic E-state index is 10.5. The lowest BCUT2D eigenvalue weighted by Gasteiger charge is -2.04. The number of aromatic nitrogens is 2. The molecule has 1 heterocycles. The first-order valence-electron chi connectivity index (χ1n) is 5.68. The minimum absolute atomic E-state index is 0.00830. The summed E-state index contributed by atoms with van der Waals surface area (Å²) >= 11 is 8.81. The standard InChI is InChI=1S/C13H11ClN2O2S2/c14-10-4-2-1-3-9(10)6-19-11-5-12(16-8-15-11)20-7-13(17)18/h1-5,8H,6-7H2,(H,17,18). The fourth-order valence-corrected chi connectivity index (χ4v) is 3.20. The van der Waals surface area contributed by atoms with Crippen LogP contribution in [-0.2, 0) is 10.5 Å². The van der Waals surface area contributed by atoms with Crippen molar-refractivity contribution in [3.63, 3.8) is 0 Å². The number of carboxylic acid groups (broad SMARTS) is 1. The number of hydrogen-bond acceptors (Lipinski definition) is 5. The van der Waals surface area contributed by atoms with Gasteiger partial charge in [0.25, 0.3) is 0 Å². The van der Waals surface area contributed by atoms with Crippen LogP contribution >= 0.6 is 35.1 Å². The molecule has 0 aliphatic rings. The largest absolute Gasteiger partial charge is 0.481 e. The molecular formula is C13H11ClN2O2S2. The highest BCUT2D eigenvalue weighted by molar-refractivity contribution is 8.00. The number of aliphatic carboxylic acids is 1. The molecule has 7 heteroatoms. The van der Waals surface area contributed by atoms with Crippen LogP contribution in [0, 0.1) is 0 Å². The molecule has 0 radical (unpaired) electrons. The van der Waals surface area contributed by atoms with Crippen molar-refractivity contribution in [2.45, 2.75) is 15.8 Å². The summed E-state index contributed by atoms with van der Waals surface area (Å²) in [5.41, 5.74) is 1.04. The van der Waals surface area contributed by atoms with Crippen molar-refractivity contribution in [2.24, 2.45) is 0 Å². The molecule has 0 saturated heterocycles. The van der Waals surface area contributed by atoms with Crippen LogP contribution in [0.4, 0.5) is 0 Å². The second kappa shape index (κ2) is 7.52. The van der Waals surface area contributed by atoms with Crippen molar-refractivity contribution < 1.29 is 9.90 Å². The van der Waals surface area contributed by atoms with Crippen LogP contribution in [0.5, 0.6) is 0 Å². The summed E-state index contributed by atoms with van der Waals surface area (Å²) in [4.78, 5) is 18.7. The van der Waals surface area contributed by atoms with E-state index >= 15 is 0 Å². The highest BCUT2D eigenvalue weighted by atomic mass is 35.5. The third-order valence-corrected chi connectivity index (χ3v) is 4.55. The number of carboxylic acids is 1. The molecule has 0 saturated carbocycles. The van der Waals surface area contributed by atoms with Crippen LogP contribution in [0.2, 0.25) is 5.02 Å². The molecular weight excluding hydrogens is 316 g/mol. The number of nitrogens with zero attached hydrogens (tertiary/aromatic N) is 2. The molecule has 0 aliphatic heterocycles. The lowest BCUT2D eigenvalue weighted by molar-refractivity contribution is -0.133. The Morgan fingerprint density at radius 2 is 1.90 bits per heavy atom. The van der Waals surface area contributed by atoms with Crippen molar-refractivity contribution in [1.29, 1.82) is 0 Å². The van der Waals surface area contributed by atoms with Crippen molar-refractivity contribution in [1.82, 2.24) is 9.97 Å². The summed E-state index contributed by atoms with van der Waals surface area (Å²) in [5.74, 6) is -0.162. The molecule has 1 N–H and O–H groups in total. The van der Waals surface area contributed by atoms with E-state index in [0.717, 1.165) is 15.6 Å². The van der Waals surface area contributed by atoms with E-state index in [0.29, 0.717) is 10.8 Å². The number of thioether (sulfide) groups is 2. The van der Waals surface area contributed by atoms with E-state index in [-0.39, 0.29) is 5.75 Å². The molecule has 0 atom stereocenters. The van der Waals surface area contributed by atoms with Crippen LogP contribution in [0.1, 0.15) is 5.56 Å². The van der Waals surface area contributed by atoms with Crippen LogP contribution in [0.25, 0.3) is 0 Å². The fourth-order valence-electron chi connectivity index (χ4n) is 1.38. The summed E-state index contributed by atoms with van der Waals surface area (Å²) in [7, 11) is 0. The van der Waals surface area contributed by atoms with Gasteiger partial charge in [0.1, 0.15) is 16.4 Å². The second-order valence-electron chi connectivity index (χ2n) is 3.76. The molecule has 0 unspecified atom stereocenters. The van der Waals surface area contributed by atoms with E-state index in [2.05, 4.69) is 9.97 Å². The average Bonchev–Trinajstić information content (AvgIpc) is 2.45. The zero-order chi connectivity index (χ0) is 14.4. The van der Waals surface area contributed by atoms with Gasteiger partial charge in [-0.05, 0) is 11.6 Å². The van der Waals surface area contributed by atoms with Crippen LogP contribution in [0.3, 0.4) is 0 Å². The van der Waals surface area contributed by atoms with Gasteiger partial charge < -0.3 is 5.11 Å². The Kier molecular flexibility index (Phi) is 5.70. The van der Waals surface area contributed by atoms with Crippen molar-refractivity contribution in [3.8, 4) is 0 Å². The molecule has 2 aromatic rings. The summed E-state index contributed by atoms with van der Waals surface area (Å²) < 4.78 is 0. The van der Waals surface area contributed by atoms with Crippen LogP contribution in [0.15, 0.2) is 46.7 Å². The second-order valence-corrected chi connectivity index (χ2v) is 6.16. The van der Waals surface area contributed by atoms with Crippen LogP contribution < -0.4 is 0 Å². The third-order valence-electron chi connectivity index (χ3n) is 2.29. The lowest BCUT2D eigenvalue weighted by atomic mass is 10.2. The summed E-state index contributed by atoms with van der Waals surface area (Å²) in [6, 6.07) is 9.44. The number of carbonyl (C=O) groups is 1. The van der Waals surface area contributed by atoms with Gasteiger partial charge in [0, 0.05) is 16.8 Å². The first kappa shape index (κ1) is 15.2. The van der Waals surface area contributed by atoms with Gasteiger partial charge in [-0.1, -0.05) is 41.6 Å². The molecule has 0 amide bonds. The van der Waals surface area contributed by atoms with Gasteiger partial charge in [-0.15, -0.1) is 11.8 Å². The van der Waals surface area contributed by atoms with E-state index in [1.165, 1.54) is 29.9 Å². The zero-order valence-corrected chi connectivity index (χ0v) is 12.7. The molecule has 0 spiro atoms. The molecule has 0 aliphatic carbocycles. The zero-order valence-electron chi connectivity index (χ0n) is 10.3. The molecule has 0 fully saturated rings. The van der Waals surface area contributed by atoms with Gasteiger partial charge >= 0.3 is 5.97 Å². The van der Waals surface area contributed by atoms with Gasteiger partial charge in [-0.3, -0.25) is 4.79 Å². The fraction of sp³-hybridized carbons (Fsp3) is 0.154. The van der Waals surface area contributed by atoms with Gasteiger partial charge in [-0.2, -0.15) is 0 Å². The normalized spacial score (nSPS) is 10.4. The smallest absolute Gasteiger partial charge is 0.313 e. The van der Waals surface area contributed by atoms with Gasteiger partial charge in [0.15, 0.2) is 0 Å². The molecule has 2 rings (SSSR count). The van der Waals surface area contributed by atoms with Crippen LogP contribution in [-0.4, -0.2) is 26.8 Å². The molecule has 1 aromatic heterocycles. The minimum atomic E-state index is -0.862. The summed E-state index contributed by atoms with van der Waals surface area (Å²) in [6.45, 7) is 0. The summed E-state index contributed by atoms with van der Waals surface area (Å²) in [6.07, 6.45) is 1.44. The predicted molar refractivity (Wildman–Crippen MR) is 81.4 cm³/mol. The number of hydrogen-bond donors (Lipinski definition) is 1. The quantitative estimate of drug-likeness (QED) is 0.646. The Morgan fingerprint density at radius 1 is 1.20 bits per heavy atom. The van der Waals surface area contributed by atoms with E-state index in [1.54, 1.807) is 6.07 Å². The van der Waals surface area contributed by atoms with Crippen molar-refractivity contribution in [2.75, 3.05) is 5.75 Å². The van der Waals surface area contributed by atoms with Crippen molar-refractivity contribution >= 4 is 41.1 Å². The van der Waals surface area contributed by atoms with Gasteiger partial charge in [0.05, 0.1) is 5.75 Å². The Balaban J connectivity index is 1.98. The van der Waals surface area contributed by atoms with Gasteiger partial charge in [0.2, 0.25) is 0 Å². The number of benzene rings is 1. The molecule has 4 nitrogen and oxygen atoms in total. The highest BCUT2D eigenvalue weighted by Crippen LogP contribution is 2.27. The topological polar surface area (TPSA) is 63.1 Å². The van der Waals surface area contributed by atoms with E-state index in [1.807, 2.05) is 24.3 Å². The number of rotatable bonds is 6. The van der Waals surface area contributed by atoms with Gasteiger partial charge in [-0.25, -0.2) is 9.97 Å². The lowest BCUT2D eigenvalue weighted by Crippen LogP contribution is -1.98. The Morgan fingerprint density at radius 3 is 2.60 bits per heavy atom. The van der Waals surface area contributed by atoms with Crippen molar-refractivity contribution in [3.05, 3.63) is 47.2 Å². The molecule has 0 bridgehead atoms. The maximum Gasteiger partial charge on any atom is 0.313 e. The monoisotopic (exact) mass is 326 g/mol. The average molecular weight is 327 g/mol. The molecule has 104 valence electrons. The summed E-state index contributed by atoms with van der Waals surface area (Å²) in [5, 5.41) is 10.8. The van der Waals surface area contributed by atoms with E-state index in [9.17, 15) is 4.79 Å². The number of halogens is 1. The predicted octanol–water partition coefficient (Wildman–Crippen LogP) is 3.60. The highest BCUT2D eigenvalue weighted by Gasteiger charge is 2.05. The Hall–Kier alpha value is -1.24. The molecule has 1 aromatic carbocycles. The maximum atomic E-state index is 10.5. The first-order chi connectivity index (χ1) is 9.65. The minimum Gasteiger partial charge on any atom is -0.481 e. The Labute approximate surface area is 130 Å². The molecule has 20 heavy (non-hydrogen) atoms. The first-order valence-corrected chi connectivity index (χ1v) is 8.03. The van der Waals surface area contributed by atoms with E-state index < -0.39 is 5.97 Å². The van der Waals surface area contributed by atoms with E-state index in [4.69, 9.17) is 16.7 Å². The Bertz CT molecular complexity index is 610.